The number of rotatable bonds is 4. The first kappa shape index (κ1) is 13.3. The zero-order chi connectivity index (χ0) is 12.3. The topological polar surface area (TPSA) is 47.7 Å². The third-order valence-electron chi connectivity index (χ3n) is 4.11. The first-order valence-corrected chi connectivity index (χ1v) is 6.73. The van der Waals surface area contributed by atoms with Gasteiger partial charge in [0.05, 0.1) is 12.2 Å². The van der Waals surface area contributed by atoms with Crippen molar-refractivity contribution in [2.24, 2.45) is 11.7 Å². The van der Waals surface area contributed by atoms with Crippen LogP contribution < -0.4 is 5.73 Å². The third-order valence-corrected chi connectivity index (χ3v) is 4.11. The van der Waals surface area contributed by atoms with Gasteiger partial charge in [-0.25, -0.2) is 0 Å². The standard InChI is InChI=1S/C13H26N2O2/c1-15(2)6-3-12(14)11-4-7-17-13(9-11)5-8-16-10-13/h11-12H,3-10,14H2,1-2H3. The fourth-order valence-corrected chi connectivity index (χ4v) is 2.94. The van der Waals surface area contributed by atoms with E-state index in [-0.39, 0.29) is 5.60 Å². The highest BCUT2D eigenvalue weighted by Gasteiger charge is 2.42. The molecule has 2 rings (SSSR count). The van der Waals surface area contributed by atoms with Crippen molar-refractivity contribution in [1.29, 1.82) is 0 Å². The first-order chi connectivity index (χ1) is 8.11. The quantitative estimate of drug-likeness (QED) is 0.794. The van der Waals surface area contributed by atoms with Gasteiger partial charge in [0.1, 0.15) is 0 Å². The lowest BCUT2D eigenvalue weighted by atomic mass is 9.80. The minimum Gasteiger partial charge on any atom is -0.378 e. The van der Waals surface area contributed by atoms with Crippen LogP contribution in [0.3, 0.4) is 0 Å². The number of hydrogen-bond acceptors (Lipinski definition) is 4. The Morgan fingerprint density at radius 1 is 1.41 bits per heavy atom. The molecule has 2 heterocycles. The summed E-state index contributed by atoms with van der Waals surface area (Å²) >= 11 is 0. The molecule has 2 fully saturated rings. The SMILES string of the molecule is CN(C)CCC(N)C1CCOC2(CCOC2)C1. The summed E-state index contributed by atoms with van der Waals surface area (Å²) in [6, 6.07) is 0.304. The van der Waals surface area contributed by atoms with E-state index in [2.05, 4.69) is 19.0 Å². The van der Waals surface area contributed by atoms with E-state index in [1.165, 1.54) is 0 Å². The van der Waals surface area contributed by atoms with E-state index in [0.29, 0.717) is 12.0 Å². The van der Waals surface area contributed by atoms with Gasteiger partial charge < -0.3 is 20.1 Å². The predicted molar refractivity (Wildman–Crippen MR) is 68.0 cm³/mol. The molecule has 4 nitrogen and oxygen atoms in total. The van der Waals surface area contributed by atoms with Crippen LogP contribution in [0.1, 0.15) is 25.7 Å². The van der Waals surface area contributed by atoms with Gasteiger partial charge in [0.15, 0.2) is 0 Å². The molecule has 1 spiro atoms. The van der Waals surface area contributed by atoms with Crippen LogP contribution in [0, 0.1) is 5.92 Å². The molecule has 0 aromatic rings. The van der Waals surface area contributed by atoms with E-state index in [1.54, 1.807) is 0 Å². The second-order valence-corrected chi connectivity index (χ2v) is 5.84. The molecule has 0 saturated carbocycles. The normalized spacial score (nSPS) is 35.6. The predicted octanol–water partition coefficient (Wildman–Crippen LogP) is 0.851. The zero-order valence-corrected chi connectivity index (χ0v) is 11.2. The summed E-state index contributed by atoms with van der Waals surface area (Å²) in [4.78, 5) is 2.20. The van der Waals surface area contributed by atoms with Crippen molar-refractivity contribution in [3.8, 4) is 0 Å². The third kappa shape index (κ3) is 3.41. The first-order valence-electron chi connectivity index (χ1n) is 6.73. The highest BCUT2D eigenvalue weighted by atomic mass is 16.6. The van der Waals surface area contributed by atoms with Crippen LogP contribution in [0.25, 0.3) is 0 Å². The summed E-state index contributed by atoms with van der Waals surface area (Å²) in [5, 5.41) is 0. The molecule has 2 aliphatic heterocycles. The summed E-state index contributed by atoms with van der Waals surface area (Å²) in [5.74, 6) is 0.602. The summed E-state index contributed by atoms with van der Waals surface area (Å²) in [5.41, 5.74) is 6.32. The van der Waals surface area contributed by atoms with E-state index < -0.39 is 0 Å². The molecular weight excluding hydrogens is 216 g/mol. The van der Waals surface area contributed by atoms with Crippen LogP contribution in [0.2, 0.25) is 0 Å². The van der Waals surface area contributed by atoms with Crippen molar-refractivity contribution >= 4 is 0 Å². The number of hydrogen-bond donors (Lipinski definition) is 1. The molecule has 2 aliphatic rings. The molecule has 3 unspecified atom stereocenters. The van der Waals surface area contributed by atoms with E-state index in [0.717, 1.165) is 52.0 Å². The fraction of sp³-hybridized carbons (Fsp3) is 1.00. The maximum Gasteiger partial charge on any atom is 0.0939 e. The minimum absolute atomic E-state index is 0.00134. The summed E-state index contributed by atoms with van der Waals surface area (Å²) in [7, 11) is 4.20. The van der Waals surface area contributed by atoms with Gasteiger partial charge in [-0.05, 0) is 45.8 Å². The van der Waals surface area contributed by atoms with Crippen molar-refractivity contribution in [2.45, 2.75) is 37.3 Å². The summed E-state index contributed by atoms with van der Waals surface area (Å²) < 4.78 is 11.4. The Kier molecular flexibility index (Phi) is 4.42. The van der Waals surface area contributed by atoms with E-state index in [4.69, 9.17) is 15.2 Å². The molecule has 0 amide bonds. The van der Waals surface area contributed by atoms with E-state index >= 15 is 0 Å². The van der Waals surface area contributed by atoms with Gasteiger partial charge >= 0.3 is 0 Å². The van der Waals surface area contributed by atoms with Crippen molar-refractivity contribution in [1.82, 2.24) is 4.90 Å². The zero-order valence-electron chi connectivity index (χ0n) is 11.2. The largest absolute Gasteiger partial charge is 0.378 e. The van der Waals surface area contributed by atoms with Crippen molar-refractivity contribution in [2.75, 3.05) is 40.5 Å². The van der Waals surface area contributed by atoms with Crippen LogP contribution in [0.5, 0.6) is 0 Å². The minimum atomic E-state index is -0.00134. The van der Waals surface area contributed by atoms with Crippen molar-refractivity contribution in [3.63, 3.8) is 0 Å². The van der Waals surface area contributed by atoms with Crippen molar-refractivity contribution in [3.05, 3.63) is 0 Å². The molecule has 0 aliphatic carbocycles. The maximum atomic E-state index is 6.32. The highest BCUT2D eigenvalue weighted by molar-refractivity contribution is 4.93. The molecule has 2 N–H and O–H groups in total. The molecule has 17 heavy (non-hydrogen) atoms. The van der Waals surface area contributed by atoms with Crippen LogP contribution in [0.15, 0.2) is 0 Å². The lowest BCUT2D eigenvalue weighted by molar-refractivity contribution is -0.101. The molecule has 0 radical (unpaired) electrons. The monoisotopic (exact) mass is 242 g/mol. The van der Waals surface area contributed by atoms with Crippen LogP contribution in [0.4, 0.5) is 0 Å². The van der Waals surface area contributed by atoms with Gasteiger partial charge in [-0.15, -0.1) is 0 Å². The van der Waals surface area contributed by atoms with Gasteiger partial charge in [0.25, 0.3) is 0 Å². The fourth-order valence-electron chi connectivity index (χ4n) is 2.94. The van der Waals surface area contributed by atoms with E-state index in [9.17, 15) is 0 Å². The number of nitrogens with zero attached hydrogens (tertiary/aromatic N) is 1. The van der Waals surface area contributed by atoms with Gasteiger partial charge in [-0.2, -0.15) is 0 Å². The molecule has 2 saturated heterocycles. The molecular formula is C13H26N2O2. The number of nitrogens with two attached hydrogens (primary N) is 1. The Bertz CT molecular complexity index is 240. The lowest BCUT2D eigenvalue weighted by Crippen LogP contribution is -2.46. The Labute approximate surface area is 104 Å². The Morgan fingerprint density at radius 2 is 2.24 bits per heavy atom. The van der Waals surface area contributed by atoms with Gasteiger partial charge in [-0.3, -0.25) is 0 Å². The molecule has 3 atom stereocenters. The van der Waals surface area contributed by atoms with Crippen LogP contribution in [-0.4, -0.2) is 57.0 Å². The maximum absolute atomic E-state index is 6.32. The second-order valence-electron chi connectivity index (χ2n) is 5.84. The molecule has 0 bridgehead atoms. The van der Waals surface area contributed by atoms with Crippen LogP contribution >= 0.6 is 0 Å². The van der Waals surface area contributed by atoms with Gasteiger partial charge in [-0.1, -0.05) is 0 Å². The van der Waals surface area contributed by atoms with Gasteiger partial charge in [0, 0.05) is 25.7 Å². The molecule has 0 aromatic carbocycles. The van der Waals surface area contributed by atoms with Crippen LogP contribution in [-0.2, 0) is 9.47 Å². The van der Waals surface area contributed by atoms with Gasteiger partial charge in [0.2, 0.25) is 0 Å². The molecule has 0 aromatic heterocycles. The lowest BCUT2D eigenvalue weighted by Gasteiger charge is -2.39. The Hall–Kier alpha value is -0.160. The number of ether oxygens (including phenoxy) is 2. The Balaban J connectivity index is 1.84. The van der Waals surface area contributed by atoms with Crippen molar-refractivity contribution < 1.29 is 9.47 Å². The van der Waals surface area contributed by atoms with E-state index in [1.807, 2.05) is 0 Å². The smallest absolute Gasteiger partial charge is 0.0939 e. The average Bonchev–Trinajstić information content (AvgIpc) is 2.74. The summed E-state index contributed by atoms with van der Waals surface area (Å²) in [6.45, 7) is 3.54. The Morgan fingerprint density at radius 3 is 2.88 bits per heavy atom. The molecule has 4 heteroatoms. The average molecular weight is 242 g/mol. The highest BCUT2D eigenvalue weighted by Crippen LogP contribution is 2.37. The second kappa shape index (κ2) is 5.65. The molecule has 100 valence electrons. The summed E-state index contributed by atoms with van der Waals surface area (Å²) in [6.07, 6.45) is 4.32.